The molecule has 1 amide bonds. The molecule has 0 bridgehead atoms. The van der Waals surface area contributed by atoms with Crippen LogP contribution in [0.15, 0.2) is 22.7 Å². The van der Waals surface area contributed by atoms with E-state index in [1.165, 1.54) is 18.2 Å². The maximum Gasteiger partial charge on any atom is 0.406 e. The molecular weight excluding hydrogens is 414 g/mol. The molecule has 0 saturated carbocycles. The molecule has 1 aromatic rings. The van der Waals surface area contributed by atoms with Crippen LogP contribution in [0.3, 0.4) is 0 Å². The number of halogens is 6. The average Bonchev–Trinajstić information content (AvgIpc) is 2.29. The molecule has 0 atom stereocenters. The number of nitrogens with zero attached hydrogens (tertiary/aromatic N) is 1. The number of carbonyl (C=O) groups is 1. The smallest absolute Gasteiger partial charge is 0.329 e. The summed E-state index contributed by atoms with van der Waals surface area (Å²) in [5.41, 5.74) is 0.154. The second-order valence-corrected chi connectivity index (χ2v) is 5.71. The standard InChI is InChI=1S/C11H9Br2ClF3NO/c12-3-4-18(6-11(15,16)17)10(19)7-1-2-9(14)8(13)5-7/h1-2,5H,3-4,6H2. The van der Waals surface area contributed by atoms with E-state index >= 15 is 0 Å². The fourth-order valence-electron chi connectivity index (χ4n) is 1.38. The van der Waals surface area contributed by atoms with Gasteiger partial charge in [0.15, 0.2) is 0 Å². The Morgan fingerprint density at radius 3 is 2.47 bits per heavy atom. The molecule has 2 nitrogen and oxygen atoms in total. The summed E-state index contributed by atoms with van der Waals surface area (Å²) < 4.78 is 37.7. The van der Waals surface area contributed by atoms with Gasteiger partial charge < -0.3 is 4.90 Å². The van der Waals surface area contributed by atoms with Gasteiger partial charge in [0.25, 0.3) is 5.91 Å². The molecule has 19 heavy (non-hydrogen) atoms. The van der Waals surface area contributed by atoms with E-state index in [1.807, 2.05) is 0 Å². The zero-order valence-corrected chi connectivity index (χ0v) is 13.4. The van der Waals surface area contributed by atoms with Gasteiger partial charge >= 0.3 is 6.18 Å². The van der Waals surface area contributed by atoms with E-state index in [1.54, 1.807) is 0 Å². The van der Waals surface area contributed by atoms with Crippen LogP contribution in [0.2, 0.25) is 5.02 Å². The van der Waals surface area contributed by atoms with Gasteiger partial charge in [0.05, 0.1) is 5.02 Å². The highest BCUT2D eigenvalue weighted by molar-refractivity contribution is 9.10. The normalized spacial score (nSPS) is 11.5. The Morgan fingerprint density at radius 1 is 1.37 bits per heavy atom. The van der Waals surface area contributed by atoms with Gasteiger partial charge in [-0.2, -0.15) is 13.2 Å². The van der Waals surface area contributed by atoms with Crippen LogP contribution in [0.5, 0.6) is 0 Å². The minimum atomic E-state index is -4.43. The van der Waals surface area contributed by atoms with Crippen LogP contribution < -0.4 is 0 Å². The Kier molecular flexibility index (Phi) is 6.14. The van der Waals surface area contributed by atoms with Crippen LogP contribution in [0.4, 0.5) is 13.2 Å². The van der Waals surface area contributed by atoms with Gasteiger partial charge in [-0.25, -0.2) is 0 Å². The van der Waals surface area contributed by atoms with Crippen molar-refractivity contribution in [2.75, 3.05) is 18.4 Å². The molecule has 0 aromatic heterocycles. The number of alkyl halides is 4. The van der Waals surface area contributed by atoms with Gasteiger partial charge in [0.2, 0.25) is 0 Å². The third-order valence-electron chi connectivity index (χ3n) is 2.18. The van der Waals surface area contributed by atoms with Gasteiger partial charge in [-0.05, 0) is 34.1 Å². The molecule has 0 saturated heterocycles. The summed E-state index contributed by atoms with van der Waals surface area (Å²) in [4.78, 5) is 12.8. The monoisotopic (exact) mass is 421 g/mol. The molecule has 1 aromatic carbocycles. The van der Waals surface area contributed by atoms with Crippen molar-refractivity contribution in [3.8, 4) is 0 Å². The number of carbonyl (C=O) groups excluding carboxylic acids is 1. The zero-order valence-electron chi connectivity index (χ0n) is 9.48. The topological polar surface area (TPSA) is 20.3 Å². The molecule has 0 unspecified atom stereocenters. The Morgan fingerprint density at radius 2 is 2.00 bits per heavy atom. The second kappa shape index (κ2) is 6.95. The Balaban J connectivity index is 2.95. The van der Waals surface area contributed by atoms with Crippen LogP contribution in [-0.4, -0.2) is 35.4 Å². The highest BCUT2D eigenvalue weighted by Crippen LogP contribution is 2.25. The molecule has 106 valence electrons. The maximum absolute atomic E-state index is 12.4. The van der Waals surface area contributed by atoms with E-state index in [0.29, 0.717) is 9.50 Å². The Hall–Kier alpha value is -0.270. The van der Waals surface area contributed by atoms with Crippen molar-refractivity contribution in [1.29, 1.82) is 0 Å². The number of amides is 1. The van der Waals surface area contributed by atoms with Gasteiger partial charge in [-0.3, -0.25) is 4.79 Å². The molecule has 0 fully saturated rings. The first-order valence-electron chi connectivity index (χ1n) is 5.11. The number of rotatable bonds is 4. The Bertz CT molecular complexity index is 468. The molecule has 8 heteroatoms. The molecule has 0 radical (unpaired) electrons. The van der Waals surface area contributed by atoms with Crippen LogP contribution >= 0.6 is 43.5 Å². The van der Waals surface area contributed by atoms with Crippen molar-refractivity contribution < 1.29 is 18.0 Å². The van der Waals surface area contributed by atoms with Crippen LogP contribution in [0.1, 0.15) is 10.4 Å². The van der Waals surface area contributed by atoms with Crippen molar-refractivity contribution in [3.63, 3.8) is 0 Å². The van der Waals surface area contributed by atoms with Crippen molar-refractivity contribution in [2.45, 2.75) is 6.18 Å². The van der Waals surface area contributed by atoms with Gasteiger partial charge in [-0.15, -0.1) is 0 Å². The highest BCUT2D eigenvalue weighted by atomic mass is 79.9. The zero-order chi connectivity index (χ0) is 14.6. The first-order valence-corrected chi connectivity index (χ1v) is 7.41. The Labute approximate surface area is 130 Å². The van der Waals surface area contributed by atoms with Crippen LogP contribution in [0.25, 0.3) is 0 Å². The summed E-state index contributed by atoms with van der Waals surface area (Å²) in [7, 11) is 0. The van der Waals surface area contributed by atoms with E-state index in [-0.39, 0.29) is 17.4 Å². The van der Waals surface area contributed by atoms with Crippen LogP contribution in [-0.2, 0) is 0 Å². The minimum absolute atomic E-state index is 0.0292. The molecule has 0 aliphatic rings. The maximum atomic E-state index is 12.4. The fourth-order valence-corrected chi connectivity index (χ4v) is 2.31. The van der Waals surface area contributed by atoms with Gasteiger partial charge in [-0.1, -0.05) is 27.5 Å². The SMILES string of the molecule is O=C(c1ccc(Cl)c(Br)c1)N(CCBr)CC(F)(F)F. The number of benzene rings is 1. The predicted molar refractivity (Wildman–Crippen MR) is 74.9 cm³/mol. The molecule has 0 aliphatic heterocycles. The van der Waals surface area contributed by atoms with Crippen molar-refractivity contribution in [2.24, 2.45) is 0 Å². The van der Waals surface area contributed by atoms with Crippen molar-refractivity contribution >= 4 is 49.4 Å². The highest BCUT2D eigenvalue weighted by Gasteiger charge is 2.33. The largest absolute Gasteiger partial charge is 0.406 e. The summed E-state index contributed by atoms with van der Waals surface area (Å²) in [6.07, 6.45) is -4.43. The lowest BCUT2D eigenvalue weighted by atomic mass is 10.2. The summed E-state index contributed by atoms with van der Waals surface area (Å²) >= 11 is 11.9. The van der Waals surface area contributed by atoms with Gasteiger partial charge in [0.1, 0.15) is 6.54 Å². The van der Waals surface area contributed by atoms with E-state index in [4.69, 9.17) is 11.6 Å². The first kappa shape index (κ1) is 16.8. The van der Waals surface area contributed by atoms with E-state index in [9.17, 15) is 18.0 Å². The molecule has 0 heterocycles. The average molecular weight is 423 g/mol. The first-order chi connectivity index (χ1) is 8.74. The third-order valence-corrected chi connectivity index (χ3v) is 3.75. The molecule has 1 rings (SSSR count). The summed E-state index contributed by atoms with van der Waals surface area (Å²) in [6, 6.07) is 4.26. The number of hydrogen-bond acceptors (Lipinski definition) is 1. The lowest BCUT2D eigenvalue weighted by Crippen LogP contribution is -2.40. The van der Waals surface area contributed by atoms with Crippen molar-refractivity contribution in [1.82, 2.24) is 4.90 Å². The summed E-state index contributed by atoms with van der Waals surface area (Å²) in [5, 5.41) is 0.656. The van der Waals surface area contributed by atoms with Crippen molar-refractivity contribution in [3.05, 3.63) is 33.3 Å². The van der Waals surface area contributed by atoms with Crippen LogP contribution in [0, 0.1) is 0 Å². The van der Waals surface area contributed by atoms with E-state index < -0.39 is 18.6 Å². The lowest BCUT2D eigenvalue weighted by Gasteiger charge is -2.23. The minimum Gasteiger partial charge on any atom is -0.329 e. The van der Waals surface area contributed by atoms with E-state index in [0.717, 1.165) is 4.90 Å². The molecule has 0 spiro atoms. The predicted octanol–water partition coefficient (Wildman–Crippen LogP) is 4.50. The van der Waals surface area contributed by atoms with Gasteiger partial charge in [0, 0.05) is 21.9 Å². The third kappa shape index (κ3) is 5.31. The fraction of sp³-hybridized carbons (Fsp3) is 0.364. The van der Waals surface area contributed by atoms with E-state index in [2.05, 4.69) is 31.9 Å². The molecule has 0 aliphatic carbocycles. The quantitative estimate of drug-likeness (QED) is 0.653. The number of hydrogen-bond donors (Lipinski definition) is 0. The summed E-state index contributed by atoms with van der Waals surface area (Å²) in [5.74, 6) is -0.686. The molecule has 0 N–H and O–H groups in total. The molecular formula is C11H9Br2ClF3NO. The summed E-state index contributed by atoms with van der Waals surface area (Å²) in [6.45, 7) is -1.31. The lowest BCUT2D eigenvalue weighted by molar-refractivity contribution is -0.140. The second-order valence-electron chi connectivity index (χ2n) is 3.66.